The minimum atomic E-state index is -2.62. The fourth-order valence-corrected chi connectivity index (χ4v) is 3.51. The third-order valence-corrected chi connectivity index (χ3v) is 5.30. The van der Waals surface area contributed by atoms with Crippen LogP contribution in [0, 0.1) is 5.92 Å². The van der Waals surface area contributed by atoms with Gasteiger partial charge in [0.2, 0.25) is 11.7 Å². The second-order valence-electron chi connectivity index (χ2n) is 7.42. The summed E-state index contributed by atoms with van der Waals surface area (Å²) in [6.45, 7) is 2.08. The maximum atomic E-state index is 12.8. The maximum Gasteiger partial charge on any atom is 0.378 e. The zero-order valence-corrected chi connectivity index (χ0v) is 17.6. The number of amides is 1. The Morgan fingerprint density at radius 2 is 1.74 bits per heavy atom. The van der Waals surface area contributed by atoms with Crippen molar-refractivity contribution in [1.82, 2.24) is 10.2 Å². The Bertz CT molecular complexity index is 805. The van der Waals surface area contributed by atoms with E-state index in [9.17, 15) is 24.3 Å². The second kappa shape index (κ2) is 10.8. The number of likely N-dealkylation sites (N-methyl/N-ethyl adjacent to an activating group) is 1. The van der Waals surface area contributed by atoms with E-state index in [1.807, 2.05) is 0 Å². The first-order valence-electron chi connectivity index (χ1n) is 10.0. The van der Waals surface area contributed by atoms with Gasteiger partial charge in [0.15, 0.2) is 18.1 Å². The summed E-state index contributed by atoms with van der Waals surface area (Å²) in [4.78, 5) is 49.2. The molecule has 0 radical (unpaired) electrons. The number of carbonyl (C=O) groups is 4. The second-order valence-corrected chi connectivity index (χ2v) is 7.42. The highest BCUT2D eigenvalue weighted by atomic mass is 16.6. The number of ketones is 1. The highest BCUT2D eigenvalue weighted by molar-refractivity contribution is 6.08. The van der Waals surface area contributed by atoms with Crippen molar-refractivity contribution in [2.24, 2.45) is 5.92 Å². The van der Waals surface area contributed by atoms with Gasteiger partial charge in [0, 0.05) is 20.4 Å². The van der Waals surface area contributed by atoms with Crippen LogP contribution in [0.3, 0.4) is 0 Å². The van der Waals surface area contributed by atoms with Gasteiger partial charge in [0.05, 0.1) is 0 Å². The monoisotopic (exact) mass is 436 g/mol. The SMILES string of the molecule is CC(=O)C(Oc1ccccc1OCC(=O)O)(C(=O)O)N(C)C(=O)CCC1CCNCC1. The highest BCUT2D eigenvalue weighted by Gasteiger charge is 2.53. The predicted molar refractivity (Wildman–Crippen MR) is 109 cm³/mol. The molecular weight excluding hydrogens is 408 g/mol. The zero-order chi connectivity index (χ0) is 23.0. The molecule has 2 rings (SSSR count). The molecule has 1 aliphatic rings. The van der Waals surface area contributed by atoms with Crippen molar-refractivity contribution < 1.29 is 38.9 Å². The molecule has 0 spiro atoms. The number of para-hydroxylation sites is 2. The molecule has 170 valence electrons. The predicted octanol–water partition coefficient (Wildman–Crippen LogP) is 1.14. The molecule has 10 heteroatoms. The number of hydrogen-bond donors (Lipinski definition) is 3. The fourth-order valence-electron chi connectivity index (χ4n) is 3.51. The molecule has 3 N–H and O–H groups in total. The summed E-state index contributed by atoms with van der Waals surface area (Å²) in [7, 11) is 1.21. The molecule has 1 fully saturated rings. The number of carbonyl (C=O) groups excluding carboxylic acids is 2. The lowest BCUT2D eigenvalue weighted by atomic mass is 9.93. The van der Waals surface area contributed by atoms with Gasteiger partial charge in [-0.1, -0.05) is 12.1 Å². The quantitative estimate of drug-likeness (QED) is 0.344. The van der Waals surface area contributed by atoms with Crippen LogP contribution in [0.4, 0.5) is 0 Å². The van der Waals surface area contributed by atoms with Crippen LogP contribution < -0.4 is 14.8 Å². The molecule has 10 nitrogen and oxygen atoms in total. The first-order chi connectivity index (χ1) is 14.7. The Hall–Kier alpha value is -3.14. The number of aliphatic carboxylic acids is 2. The van der Waals surface area contributed by atoms with E-state index in [-0.39, 0.29) is 17.9 Å². The van der Waals surface area contributed by atoms with Crippen LogP contribution in [-0.4, -0.2) is 71.2 Å². The zero-order valence-electron chi connectivity index (χ0n) is 17.6. The van der Waals surface area contributed by atoms with Gasteiger partial charge in [-0.25, -0.2) is 9.59 Å². The number of piperidine rings is 1. The smallest absolute Gasteiger partial charge is 0.378 e. The number of benzene rings is 1. The van der Waals surface area contributed by atoms with E-state index in [1.165, 1.54) is 31.3 Å². The summed E-state index contributed by atoms with van der Waals surface area (Å²) in [5, 5.41) is 22.0. The molecule has 0 saturated carbocycles. The summed E-state index contributed by atoms with van der Waals surface area (Å²) in [5.41, 5.74) is -2.62. The van der Waals surface area contributed by atoms with Crippen LogP contribution >= 0.6 is 0 Å². The number of nitrogens with one attached hydrogen (secondary N) is 1. The third-order valence-electron chi connectivity index (χ3n) is 5.30. The molecule has 1 unspecified atom stereocenters. The standard InChI is InChI=1S/C21H28N2O8/c1-14(24)21(20(28)29,23(2)18(25)8-7-15-9-11-22-12-10-15)31-17-6-4-3-5-16(17)30-13-19(26)27/h3-6,15,22H,7-13H2,1-2H3,(H,26,27)(H,28,29). The molecule has 1 aliphatic heterocycles. The van der Waals surface area contributed by atoms with Crippen LogP contribution in [0.5, 0.6) is 11.5 Å². The van der Waals surface area contributed by atoms with Crippen molar-refractivity contribution in [3.05, 3.63) is 24.3 Å². The van der Waals surface area contributed by atoms with Crippen molar-refractivity contribution in [2.75, 3.05) is 26.7 Å². The van der Waals surface area contributed by atoms with E-state index in [0.717, 1.165) is 37.8 Å². The van der Waals surface area contributed by atoms with E-state index < -0.39 is 36.0 Å². The van der Waals surface area contributed by atoms with Crippen molar-refractivity contribution in [1.29, 1.82) is 0 Å². The van der Waals surface area contributed by atoms with Gasteiger partial charge in [0.25, 0.3) is 0 Å². The lowest BCUT2D eigenvalue weighted by Gasteiger charge is -2.36. The van der Waals surface area contributed by atoms with Gasteiger partial charge in [-0.05, 0) is 50.4 Å². The average molecular weight is 436 g/mol. The summed E-state index contributed by atoms with van der Waals surface area (Å²) in [6, 6.07) is 5.76. The van der Waals surface area contributed by atoms with Crippen LogP contribution in [0.1, 0.15) is 32.6 Å². The van der Waals surface area contributed by atoms with E-state index >= 15 is 0 Å². The number of ether oxygens (including phenoxy) is 2. The minimum Gasteiger partial charge on any atom is -0.479 e. The molecular formula is C21H28N2O8. The molecule has 0 aromatic heterocycles. The molecule has 31 heavy (non-hydrogen) atoms. The topological polar surface area (TPSA) is 142 Å². The third kappa shape index (κ3) is 5.94. The van der Waals surface area contributed by atoms with Gasteiger partial charge in [0.1, 0.15) is 0 Å². The number of carboxylic acids is 2. The molecule has 1 saturated heterocycles. The van der Waals surface area contributed by atoms with Crippen molar-refractivity contribution in [3.8, 4) is 11.5 Å². The molecule has 1 heterocycles. The van der Waals surface area contributed by atoms with Crippen LogP contribution in [0.2, 0.25) is 0 Å². The van der Waals surface area contributed by atoms with E-state index in [4.69, 9.17) is 14.6 Å². The minimum absolute atomic E-state index is 0.0627. The number of hydrogen-bond acceptors (Lipinski definition) is 7. The van der Waals surface area contributed by atoms with Crippen LogP contribution in [0.15, 0.2) is 24.3 Å². The number of Topliss-reactive ketones (excluding diaryl/α,β-unsaturated/α-hetero) is 1. The van der Waals surface area contributed by atoms with Gasteiger partial charge >= 0.3 is 17.7 Å². The number of nitrogens with zero attached hydrogens (tertiary/aromatic N) is 1. The highest BCUT2D eigenvalue weighted by Crippen LogP contribution is 2.32. The normalized spacial score (nSPS) is 16.1. The fraction of sp³-hybridized carbons (Fsp3) is 0.524. The Morgan fingerprint density at radius 1 is 1.13 bits per heavy atom. The van der Waals surface area contributed by atoms with Crippen molar-refractivity contribution in [2.45, 2.75) is 38.3 Å². The summed E-state index contributed by atoms with van der Waals surface area (Å²) < 4.78 is 10.7. The van der Waals surface area contributed by atoms with Gasteiger partial charge in [-0.3, -0.25) is 14.5 Å². The Kier molecular flexibility index (Phi) is 8.38. The Labute approximate surface area is 180 Å². The summed E-state index contributed by atoms with van der Waals surface area (Å²) in [6.07, 6.45) is 2.51. The van der Waals surface area contributed by atoms with Crippen LogP contribution in [-0.2, 0) is 19.2 Å². The van der Waals surface area contributed by atoms with Crippen molar-refractivity contribution in [3.63, 3.8) is 0 Å². The molecule has 0 aliphatic carbocycles. The molecule has 0 bridgehead atoms. The van der Waals surface area contributed by atoms with E-state index in [1.54, 1.807) is 0 Å². The van der Waals surface area contributed by atoms with Crippen molar-refractivity contribution >= 4 is 23.6 Å². The largest absolute Gasteiger partial charge is 0.479 e. The molecule has 1 atom stereocenters. The number of rotatable bonds is 11. The lowest BCUT2D eigenvalue weighted by molar-refractivity contribution is -0.184. The van der Waals surface area contributed by atoms with Gasteiger partial charge in [-0.15, -0.1) is 0 Å². The Balaban J connectivity index is 2.26. The van der Waals surface area contributed by atoms with E-state index in [0.29, 0.717) is 12.3 Å². The summed E-state index contributed by atoms with van der Waals surface area (Å²) in [5.74, 6) is -4.24. The lowest BCUT2D eigenvalue weighted by Crippen LogP contribution is -2.64. The Morgan fingerprint density at radius 3 is 2.29 bits per heavy atom. The van der Waals surface area contributed by atoms with Crippen LogP contribution in [0.25, 0.3) is 0 Å². The number of carboxylic acid groups (broad SMARTS) is 2. The molecule has 1 amide bonds. The molecule has 1 aromatic rings. The maximum absolute atomic E-state index is 12.8. The van der Waals surface area contributed by atoms with E-state index in [2.05, 4.69) is 5.32 Å². The first-order valence-corrected chi connectivity index (χ1v) is 10.0. The van der Waals surface area contributed by atoms with Gasteiger partial charge in [-0.2, -0.15) is 0 Å². The first kappa shape index (κ1) is 24.1. The summed E-state index contributed by atoms with van der Waals surface area (Å²) >= 11 is 0. The van der Waals surface area contributed by atoms with Gasteiger partial charge < -0.3 is 25.0 Å². The average Bonchev–Trinajstić information content (AvgIpc) is 2.74. The molecule has 1 aromatic carbocycles.